The number of rotatable bonds is 14. The van der Waals surface area contributed by atoms with Gasteiger partial charge in [0, 0.05) is 11.1 Å². The zero-order valence-electron chi connectivity index (χ0n) is 28.2. The molecule has 0 amide bonds. The maximum atomic E-state index is 12.6. The van der Waals surface area contributed by atoms with Crippen molar-refractivity contribution in [2.24, 2.45) is 0 Å². The Balaban J connectivity index is 1.73. The molecule has 0 radical (unpaired) electrons. The van der Waals surface area contributed by atoms with E-state index in [-0.39, 0.29) is 0 Å². The molecule has 0 atom stereocenters. The third-order valence-corrected chi connectivity index (χ3v) is 12.0. The van der Waals surface area contributed by atoms with Gasteiger partial charge < -0.3 is 18.9 Å². The number of benzene rings is 4. The molecule has 256 valence electrons. The number of aldehydes is 2. The Morgan fingerprint density at radius 3 is 1.35 bits per heavy atom. The molecule has 0 N–H and O–H groups in total. The van der Waals surface area contributed by atoms with E-state index in [0.717, 1.165) is 106 Å². The maximum Gasteiger partial charge on any atom is 0.151 e. The van der Waals surface area contributed by atoms with Gasteiger partial charge >= 0.3 is 0 Å². The fourth-order valence-electron chi connectivity index (χ4n) is 5.51. The highest BCUT2D eigenvalue weighted by Gasteiger charge is 2.27. The Bertz CT molecular complexity index is 1860. The van der Waals surface area contributed by atoms with E-state index < -0.39 is 0 Å². The standard InChI is InChI=1S/C39H40O6S4/c1-5-11-42-35-29-16-24-15-25-18-31(48-33-21-26(22-40)20-32(47-30(35)17-24)36(33)43-12-6-2)37(44-13-7-3)34(19-25)49-39-27(23-41)9-10-28(46-29)38(39)45-14-8-4/h9-10,16-23H,5-8,11-15H2,1-4H3. The fraction of sp³-hybridized carbons (Fsp3) is 0.333. The summed E-state index contributed by atoms with van der Waals surface area (Å²) in [6.45, 7) is 10.5. The van der Waals surface area contributed by atoms with E-state index in [1.54, 1.807) is 35.3 Å². The first-order valence-corrected chi connectivity index (χ1v) is 20.1. The molecule has 2 aliphatic heterocycles. The van der Waals surface area contributed by atoms with Crippen LogP contribution in [0.25, 0.3) is 0 Å². The zero-order valence-corrected chi connectivity index (χ0v) is 31.5. The number of ether oxygens (including phenoxy) is 4. The van der Waals surface area contributed by atoms with E-state index in [2.05, 4.69) is 52.0 Å². The third kappa shape index (κ3) is 7.93. The first kappa shape index (κ1) is 35.6. The van der Waals surface area contributed by atoms with Gasteiger partial charge in [0.15, 0.2) is 6.29 Å². The van der Waals surface area contributed by atoms with Crippen LogP contribution in [-0.2, 0) is 6.42 Å². The molecule has 0 fully saturated rings. The van der Waals surface area contributed by atoms with Gasteiger partial charge in [-0.2, -0.15) is 0 Å². The van der Waals surface area contributed by atoms with Gasteiger partial charge in [-0.3, -0.25) is 9.59 Å². The van der Waals surface area contributed by atoms with Crippen LogP contribution < -0.4 is 18.9 Å². The molecule has 10 bridgehead atoms. The summed E-state index contributed by atoms with van der Waals surface area (Å²) in [4.78, 5) is 32.0. The first-order valence-electron chi connectivity index (χ1n) is 16.8. The lowest BCUT2D eigenvalue weighted by atomic mass is 10.0. The van der Waals surface area contributed by atoms with Gasteiger partial charge in [-0.05, 0) is 91.8 Å². The van der Waals surface area contributed by atoms with E-state index in [4.69, 9.17) is 18.9 Å². The molecule has 0 aromatic heterocycles. The lowest BCUT2D eigenvalue weighted by Gasteiger charge is -2.24. The van der Waals surface area contributed by atoms with Gasteiger partial charge in [-0.15, -0.1) is 0 Å². The number of hydrogen-bond donors (Lipinski definition) is 0. The van der Waals surface area contributed by atoms with E-state index in [1.807, 2.05) is 24.3 Å². The van der Waals surface area contributed by atoms with Crippen molar-refractivity contribution in [2.75, 3.05) is 26.4 Å². The second kappa shape index (κ2) is 16.7. The van der Waals surface area contributed by atoms with Gasteiger partial charge in [-0.25, -0.2) is 0 Å². The van der Waals surface area contributed by atoms with Crippen LogP contribution in [-0.4, -0.2) is 39.0 Å². The second-order valence-corrected chi connectivity index (χ2v) is 16.0. The minimum absolute atomic E-state index is 0.512. The van der Waals surface area contributed by atoms with Crippen LogP contribution in [0.1, 0.15) is 85.2 Å². The predicted octanol–water partition coefficient (Wildman–Crippen LogP) is 11.3. The monoisotopic (exact) mass is 732 g/mol. The van der Waals surface area contributed by atoms with Crippen LogP contribution in [0.4, 0.5) is 0 Å². The SMILES string of the molecule is CCCOc1c2cc(C=O)cc1Sc1cc3cc(c1OCCC)Sc1c(C=O)ccc(c1OCCC)Sc1cc(cc(c1OCCC)S2)C3. The summed E-state index contributed by atoms with van der Waals surface area (Å²) in [7, 11) is 0. The predicted molar refractivity (Wildman–Crippen MR) is 199 cm³/mol. The quantitative estimate of drug-likeness (QED) is 0.101. The molecule has 0 saturated carbocycles. The molecule has 4 aromatic rings. The molecular weight excluding hydrogens is 693 g/mol. The van der Waals surface area contributed by atoms with Gasteiger partial charge in [0.2, 0.25) is 0 Å². The van der Waals surface area contributed by atoms with Crippen molar-refractivity contribution in [3.8, 4) is 23.0 Å². The molecule has 0 spiro atoms. The summed E-state index contributed by atoms with van der Waals surface area (Å²) < 4.78 is 26.2. The van der Waals surface area contributed by atoms with Crippen molar-refractivity contribution in [1.82, 2.24) is 0 Å². The summed E-state index contributed by atoms with van der Waals surface area (Å²) in [5, 5.41) is 0. The van der Waals surface area contributed by atoms with Crippen molar-refractivity contribution in [3.05, 3.63) is 70.8 Å². The minimum Gasteiger partial charge on any atom is -0.491 e. The molecule has 10 heteroatoms. The van der Waals surface area contributed by atoms with Crippen LogP contribution in [0.5, 0.6) is 23.0 Å². The van der Waals surface area contributed by atoms with Crippen LogP contribution in [0.15, 0.2) is 87.7 Å². The molecule has 4 aromatic carbocycles. The van der Waals surface area contributed by atoms with Crippen molar-refractivity contribution >= 4 is 59.6 Å². The summed E-state index contributed by atoms with van der Waals surface area (Å²) in [6, 6.07) is 16.5. The van der Waals surface area contributed by atoms with Crippen molar-refractivity contribution in [3.63, 3.8) is 0 Å². The van der Waals surface area contributed by atoms with Gasteiger partial charge in [-0.1, -0.05) is 74.7 Å². The van der Waals surface area contributed by atoms with Crippen molar-refractivity contribution < 1.29 is 28.5 Å². The largest absolute Gasteiger partial charge is 0.491 e. The average Bonchev–Trinajstić information content (AvgIpc) is 3.09. The summed E-state index contributed by atoms with van der Waals surface area (Å²) >= 11 is 6.22. The Morgan fingerprint density at radius 2 is 0.918 bits per heavy atom. The van der Waals surface area contributed by atoms with E-state index >= 15 is 0 Å². The molecule has 0 unspecified atom stereocenters. The van der Waals surface area contributed by atoms with E-state index in [1.165, 1.54) is 11.8 Å². The van der Waals surface area contributed by atoms with Gasteiger partial charge in [0.25, 0.3) is 0 Å². The summed E-state index contributed by atoms with van der Waals surface area (Å²) in [5.41, 5.74) is 3.36. The maximum absolute atomic E-state index is 12.6. The van der Waals surface area contributed by atoms with Crippen LogP contribution >= 0.6 is 47.0 Å². The van der Waals surface area contributed by atoms with Crippen LogP contribution in [0.2, 0.25) is 0 Å². The Kier molecular flexibility index (Phi) is 12.1. The molecule has 6 rings (SSSR count). The lowest BCUT2D eigenvalue weighted by molar-refractivity contribution is 0.111. The van der Waals surface area contributed by atoms with Gasteiger partial charge in [0.05, 0.1) is 65.6 Å². The molecular formula is C39H40O6S4. The smallest absolute Gasteiger partial charge is 0.151 e. The summed E-state index contributed by atoms with van der Waals surface area (Å²) in [5.74, 6) is 2.94. The summed E-state index contributed by atoms with van der Waals surface area (Å²) in [6.07, 6.45) is 5.82. The molecule has 0 saturated heterocycles. The molecule has 6 nitrogen and oxygen atoms in total. The molecule has 0 aliphatic carbocycles. The highest BCUT2D eigenvalue weighted by molar-refractivity contribution is 8.01. The highest BCUT2D eigenvalue weighted by atomic mass is 32.2. The number of fused-ring (bicyclic) bond motifs is 8. The first-order chi connectivity index (χ1) is 24.0. The van der Waals surface area contributed by atoms with E-state index in [0.29, 0.717) is 49.7 Å². The Hall–Kier alpha value is -3.18. The molecule has 49 heavy (non-hydrogen) atoms. The highest BCUT2D eigenvalue weighted by Crippen LogP contribution is 2.55. The number of carbonyl (C=O) groups is 2. The van der Waals surface area contributed by atoms with Crippen LogP contribution in [0.3, 0.4) is 0 Å². The zero-order chi connectivity index (χ0) is 34.3. The normalized spacial score (nSPS) is 12.9. The second-order valence-electron chi connectivity index (χ2n) is 11.7. The van der Waals surface area contributed by atoms with Crippen LogP contribution in [0, 0.1) is 0 Å². The lowest BCUT2D eigenvalue weighted by Crippen LogP contribution is -2.05. The number of carbonyl (C=O) groups excluding carboxylic acids is 2. The number of hydrogen-bond acceptors (Lipinski definition) is 10. The molecule has 2 aliphatic rings. The molecule has 2 heterocycles. The Labute approximate surface area is 305 Å². The Morgan fingerprint density at radius 1 is 0.510 bits per heavy atom. The van der Waals surface area contributed by atoms with Gasteiger partial charge in [0.1, 0.15) is 29.3 Å². The fourth-order valence-corrected chi connectivity index (χ4v) is 10.4. The third-order valence-electron chi connectivity index (χ3n) is 7.66. The van der Waals surface area contributed by atoms with E-state index in [9.17, 15) is 9.59 Å². The average molecular weight is 733 g/mol. The van der Waals surface area contributed by atoms with Crippen molar-refractivity contribution in [2.45, 2.75) is 99.0 Å². The topological polar surface area (TPSA) is 71.1 Å². The van der Waals surface area contributed by atoms with Crippen molar-refractivity contribution in [1.29, 1.82) is 0 Å². The minimum atomic E-state index is 0.512.